The molecule has 0 fully saturated rings. The average molecular weight is 169 g/mol. The molecular weight excluding hydrogens is 162 g/mol. The van der Waals surface area contributed by atoms with Gasteiger partial charge in [0.05, 0.1) is 10.6 Å². The van der Waals surface area contributed by atoms with Gasteiger partial charge in [0.1, 0.15) is 0 Å². The van der Waals surface area contributed by atoms with Crippen molar-refractivity contribution in [2.45, 2.75) is 6.92 Å². The van der Waals surface area contributed by atoms with Crippen molar-refractivity contribution < 1.29 is 9.59 Å². The van der Waals surface area contributed by atoms with Crippen LogP contribution in [-0.4, -0.2) is 12.1 Å². The Morgan fingerprint density at radius 3 is 2.73 bits per heavy atom. The second-order valence-electron chi connectivity index (χ2n) is 2.14. The first-order valence-corrected chi connectivity index (χ1v) is 3.88. The highest BCUT2D eigenvalue weighted by Crippen LogP contribution is 2.23. The number of nitrogen functional groups attached to an aromatic ring is 1. The summed E-state index contributed by atoms with van der Waals surface area (Å²) < 4.78 is 0. The number of hydrogen-bond acceptors (Lipinski definition) is 4. The number of thiophene rings is 1. The maximum absolute atomic E-state index is 10.9. The van der Waals surface area contributed by atoms with E-state index < -0.39 is 5.78 Å². The van der Waals surface area contributed by atoms with Crippen LogP contribution >= 0.6 is 11.3 Å². The van der Waals surface area contributed by atoms with Crippen molar-refractivity contribution in [2.24, 2.45) is 0 Å². The molecule has 3 nitrogen and oxygen atoms in total. The lowest BCUT2D eigenvalue weighted by Gasteiger charge is -1.92. The predicted molar refractivity (Wildman–Crippen MR) is 43.9 cm³/mol. The van der Waals surface area contributed by atoms with Crippen LogP contribution in [0.3, 0.4) is 0 Å². The molecule has 0 atom stereocenters. The minimum atomic E-state index is -0.541. The van der Waals surface area contributed by atoms with Gasteiger partial charge in [-0.2, -0.15) is 0 Å². The van der Waals surface area contributed by atoms with E-state index in [1.54, 1.807) is 12.3 Å². The molecule has 0 bridgehead atoms. The summed E-state index contributed by atoms with van der Waals surface area (Å²) in [5.74, 6) is -0.541. The molecule has 0 aliphatic rings. The first kappa shape index (κ1) is 7.94. The van der Waals surface area contributed by atoms with Gasteiger partial charge in [-0.3, -0.25) is 9.59 Å². The van der Waals surface area contributed by atoms with E-state index in [0.29, 0.717) is 10.6 Å². The number of nitrogens with two attached hydrogens (primary N) is 1. The van der Waals surface area contributed by atoms with Gasteiger partial charge in [-0.15, -0.1) is 11.3 Å². The highest BCUT2D eigenvalue weighted by Gasteiger charge is 2.12. The lowest BCUT2D eigenvalue weighted by Crippen LogP contribution is -2.02. The van der Waals surface area contributed by atoms with Crippen molar-refractivity contribution in [1.82, 2.24) is 0 Å². The quantitative estimate of drug-likeness (QED) is 0.408. The van der Waals surface area contributed by atoms with Crippen molar-refractivity contribution >= 4 is 28.4 Å². The number of Topliss-reactive ketones (excluding diaryl/α,β-unsaturated/α-hetero) is 1. The molecule has 0 saturated heterocycles. The number of rotatable bonds is 2. The zero-order chi connectivity index (χ0) is 8.43. The summed E-state index contributed by atoms with van der Waals surface area (Å²) in [6, 6.07) is 0. The van der Waals surface area contributed by atoms with Crippen LogP contribution in [0.15, 0.2) is 5.38 Å². The number of carbonyl (C=O) groups is 2. The highest BCUT2D eigenvalue weighted by atomic mass is 32.1. The van der Waals surface area contributed by atoms with Crippen LogP contribution in [0.25, 0.3) is 0 Å². The largest absolute Gasteiger partial charge is 0.390 e. The van der Waals surface area contributed by atoms with E-state index in [9.17, 15) is 9.59 Å². The minimum Gasteiger partial charge on any atom is -0.390 e. The van der Waals surface area contributed by atoms with Gasteiger partial charge in [-0.25, -0.2) is 0 Å². The molecule has 1 heterocycles. The molecule has 1 aromatic heterocycles. The van der Waals surface area contributed by atoms with Gasteiger partial charge in [-0.05, 0) is 17.9 Å². The van der Waals surface area contributed by atoms with E-state index in [4.69, 9.17) is 5.73 Å². The molecule has 0 amide bonds. The SMILES string of the molecule is Cc1csc(N)c1C(=O)C=O. The Labute approximate surface area is 67.8 Å². The Hall–Kier alpha value is -1.16. The molecular formula is C7H7NO2S. The van der Waals surface area contributed by atoms with Crippen LogP contribution in [0.2, 0.25) is 0 Å². The second-order valence-corrected chi connectivity index (χ2v) is 3.05. The fraction of sp³-hybridized carbons (Fsp3) is 0.143. The first-order chi connectivity index (χ1) is 5.16. The van der Waals surface area contributed by atoms with E-state index in [-0.39, 0.29) is 6.29 Å². The predicted octanol–water partition coefficient (Wildman–Crippen LogP) is 1.02. The monoisotopic (exact) mass is 169 g/mol. The van der Waals surface area contributed by atoms with E-state index in [1.165, 1.54) is 11.3 Å². The molecule has 2 N–H and O–H groups in total. The maximum atomic E-state index is 10.9. The summed E-state index contributed by atoms with van der Waals surface area (Å²) in [6.07, 6.45) is 0.283. The fourth-order valence-electron chi connectivity index (χ4n) is 0.839. The van der Waals surface area contributed by atoms with E-state index in [2.05, 4.69) is 0 Å². The summed E-state index contributed by atoms with van der Waals surface area (Å²) in [5.41, 5.74) is 6.58. The third kappa shape index (κ3) is 1.30. The van der Waals surface area contributed by atoms with Crippen LogP contribution in [-0.2, 0) is 4.79 Å². The van der Waals surface area contributed by atoms with Crippen molar-refractivity contribution in [3.05, 3.63) is 16.5 Å². The van der Waals surface area contributed by atoms with Gasteiger partial charge in [0.15, 0.2) is 6.29 Å². The molecule has 0 saturated carbocycles. The number of carbonyl (C=O) groups excluding carboxylic acids is 2. The smallest absolute Gasteiger partial charge is 0.228 e. The van der Waals surface area contributed by atoms with Crippen LogP contribution in [0, 0.1) is 6.92 Å². The zero-order valence-corrected chi connectivity index (χ0v) is 6.77. The number of aldehydes is 1. The van der Waals surface area contributed by atoms with Crippen LogP contribution in [0.5, 0.6) is 0 Å². The lowest BCUT2D eigenvalue weighted by atomic mass is 10.1. The van der Waals surface area contributed by atoms with Gasteiger partial charge in [0.25, 0.3) is 0 Å². The summed E-state index contributed by atoms with van der Waals surface area (Å²) in [5, 5.41) is 2.17. The fourth-order valence-corrected chi connectivity index (χ4v) is 1.64. The van der Waals surface area contributed by atoms with Crippen LogP contribution < -0.4 is 5.73 Å². The molecule has 11 heavy (non-hydrogen) atoms. The average Bonchev–Trinajstić information content (AvgIpc) is 2.30. The molecule has 0 spiro atoms. The summed E-state index contributed by atoms with van der Waals surface area (Å²) in [4.78, 5) is 21.0. The Bertz CT molecular complexity index is 284. The molecule has 0 aliphatic heterocycles. The van der Waals surface area contributed by atoms with Gasteiger partial charge in [0, 0.05) is 0 Å². The topological polar surface area (TPSA) is 60.2 Å². The van der Waals surface area contributed by atoms with Crippen molar-refractivity contribution in [3.8, 4) is 0 Å². The van der Waals surface area contributed by atoms with Crippen LogP contribution in [0.1, 0.15) is 15.9 Å². The number of anilines is 1. The van der Waals surface area contributed by atoms with E-state index >= 15 is 0 Å². The molecule has 1 rings (SSSR count). The molecule has 4 heteroatoms. The molecule has 0 aromatic carbocycles. The Balaban J connectivity index is 3.20. The van der Waals surface area contributed by atoms with Crippen molar-refractivity contribution in [3.63, 3.8) is 0 Å². The molecule has 0 radical (unpaired) electrons. The first-order valence-electron chi connectivity index (χ1n) is 3.00. The van der Waals surface area contributed by atoms with E-state index in [1.807, 2.05) is 0 Å². The summed E-state index contributed by atoms with van der Waals surface area (Å²) in [7, 11) is 0. The van der Waals surface area contributed by atoms with Crippen molar-refractivity contribution in [2.75, 3.05) is 5.73 Å². The van der Waals surface area contributed by atoms with Gasteiger partial charge in [-0.1, -0.05) is 0 Å². The van der Waals surface area contributed by atoms with E-state index in [0.717, 1.165) is 5.56 Å². The molecule has 0 aliphatic carbocycles. The number of hydrogen-bond donors (Lipinski definition) is 1. The van der Waals surface area contributed by atoms with Crippen molar-refractivity contribution in [1.29, 1.82) is 0 Å². The third-order valence-electron chi connectivity index (χ3n) is 1.36. The maximum Gasteiger partial charge on any atom is 0.228 e. The standard InChI is InChI=1S/C7H7NO2S/c1-4-3-11-7(8)6(4)5(10)2-9/h2-3H,8H2,1H3. The number of aryl methyl sites for hydroxylation is 1. The highest BCUT2D eigenvalue weighted by molar-refractivity contribution is 7.14. The summed E-state index contributed by atoms with van der Waals surface area (Å²) >= 11 is 1.27. The third-order valence-corrected chi connectivity index (χ3v) is 2.29. The molecule has 1 aromatic rings. The zero-order valence-electron chi connectivity index (χ0n) is 5.96. The van der Waals surface area contributed by atoms with Gasteiger partial charge < -0.3 is 5.73 Å². The van der Waals surface area contributed by atoms with Crippen LogP contribution in [0.4, 0.5) is 5.00 Å². The summed E-state index contributed by atoms with van der Waals surface area (Å²) in [6.45, 7) is 1.75. The molecule has 0 unspecified atom stereocenters. The minimum absolute atomic E-state index is 0.283. The lowest BCUT2D eigenvalue weighted by molar-refractivity contribution is -0.104. The Morgan fingerprint density at radius 2 is 2.36 bits per heavy atom. The second kappa shape index (κ2) is 2.84. The van der Waals surface area contributed by atoms with Gasteiger partial charge >= 0.3 is 0 Å². The van der Waals surface area contributed by atoms with Gasteiger partial charge in [0.2, 0.25) is 5.78 Å². The number of ketones is 1. The Kier molecular flexibility index (Phi) is 2.05. The molecule has 58 valence electrons. The Morgan fingerprint density at radius 1 is 1.73 bits per heavy atom. The normalized spacial score (nSPS) is 9.55.